The van der Waals surface area contributed by atoms with Crippen LogP contribution in [-0.4, -0.2) is 55.4 Å². The number of hydrogen-bond acceptors (Lipinski definition) is 5. The largest absolute Gasteiger partial charge is 0.495 e. The Labute approximate surface area is 165 Å². The van der Waals surface area contributed by atoms with Crippen molar-refractivity contribution in [3.8, 4) is 17.0 Å². The van der Waals surface area contributed by atoms with Crippen LogP contribution in [-0.2, 0) is 10.0 Å². The summed E-state index contributed by atoms with van der Waals surface area (Å²) in [4.78, 5) is 18.9. The van der Waals surface area contributed by atoms with Gasteiger partial charge in [0.15, 0.2) is 0 Å². The molecule has 0 saturated heterocycles. The van der Waals surface area contributed by atoms with E-state index in [0.29, 0.717) is 22.7 Å². The van der Waals surface area contributed by atoms with Crippen LogP contribution in [0.2, 0.25) is 0 Å². The van der Waals surface area contributed by atoms with Crippen LogP contribution < -0.4 is 9.46 Å². The molecule has 9 heteroatoms. The van der Waals surface area contributed by atoms with Gasteiger partial charge >= 0.3 is 6.03 Å². The van der Waals surface area contributed by atoms with Crippen molar-refractivity contribution in [1.29, 1.82) is 0 Å². The molecule has 1 fully saturated rings. The second kappa shape index (κ2) is 8.22. The average molecular weight is 407 g/mol. The zero-order valence-corrected chi connectivity index (χ0v) is 17.2. The summed E-state index contributed by atoms with van der Waals surface area (Å²) in [6, 6.07) is 5.22. The lowest BCUT2D eigenvalue weighted by molar-refractivity contribution is 0.175. The molecule has 0 radical (unpaired) electrons. The van der Waals surface area contributed by atoms with E-state index in [0.717, 1.165) is 31.9 Å². The Morgan fingerprint density at radius 2 is 2.00 bits per heavy atom. The fourth-order valence-electron chi connectivity index (χ4n) is 3.53. The van der Waals surface area contributed by atoms with E-state index in [2.05, 4.69) is 9.71 Å². The number of rotatable bonds is 5. The topological polar surface area (TPSA) is 93.5 Å². The molecular formula is C19H26N4O4S. The monoisotopic (exact) mass is 406 g/mol. The number of carbonyl (C=O) groups excluding carboxylic acids is 1. The molecule has 1 aromatic carbocycles. The van der Waals surface area contributed by atoms with Crippen molar-refractivity contribution in [2.24, 2.45) is 0 Å². The molecule has 8 nitrogen and oxygen atoms in total. The number of sulfonamides is 1. The number of aromatic nitrogens is 2. The van der Waals surface area contributed by atoms with Crippen molar-refractivity contribution < 1.29 is 17.9 Å². The van der Waals surface area contributed by atoms with Crippen molar-refractivity contribution >= 4 is 21.7 Å². The third-order valence-electron chi connectivity index (χ3n) is 5.02. The van der Waals surface area contributed by atoms with Crippen LogP contribution in [0.5, 0.6) is 5.75 Å². The van der Waals surface area contributed by atoms with Crippen LogP contribution in [0, 0.1) is 0 Å². The van der Waals surface area contributed by atoms with Crippen molar-refractivity contribution in [1.82, 2.24) is 14.5 Å². The highest BCUT2D eigenvalue weighted by Crippen LogP contribution is 2.30. The van der Waals surface area contributed by atoms with E-state index in [4.69, 9.17) is 4.74 Å². The molecule has 0 spiro atoms. The standard InChI is InChI=1S/C19H26N4O4S/c1-22(15-7-5-4-6-8-15)19(24)23-12-17(20-13-23)14-9-10-18(27-2)16(11-14)21-28(3,25)26/h9-13,15,21H,4-8H2,1-3H3. The first-order valence-corrected chi connectivity index (χ1v) is 11.1. The van der Waals surface area contributed by atoms with Gasteiger partial charge in [-0.15, -0.1) is 0 Å². The third kappa shape index (κ3) is 4.64. The molecule has 0 unspecified atom stereocenters. The van der Waals surface area contributed by atoms with Crippen molar-refractivity contribution in [2.75, 3.05) is 25.1 Å². The lowest BCUT2D eigenvalue weighted by atomic mass is 9.95. The Bertz CT molecular complexity index is 949. The van der Waals surface area contributed by atoms with Crippen molar-refractivity contribution in [2.45, 2.75) is 38.1 Å². The van der Waals surface area contributed by atoms with Gasteiger partial charge in [0.2, 0.25) is 10.0 Å². The smallest absolute Gasteiger partial charge is 0.329 e. The highest BCUT2D eigenvalue weighted by Gasteiger charge is 2.23. The van der Waals surface area contributed by atoms with E-state index in [1.165, 1.54) is 24.4 Å². The number of ether oxygens (including phenoxy) is 1. The lowest BCUT2D eigenvalue weighted by Gasteiger charge is -2.31. The molecule has 0 aliphatic heterocycles. The Morgan fingerprint density at radius 3 is 2.64 bits per heavy atom. The van der Waals surface area contributed by atoms with E-state index >= 15 is 0 Å². The number of nitrogens with zero attached hydrogens (tertiary/aromatic N) is 3. The number of amides is 1. The van der Waals surface area contributed by atoms with E-state index in [-0.39, 0.29) is 12.1 Å². The summed E-state index contributed by atoms with van der Waals surface area (Å²) in [5.74, 6) is 0.404. The Hall–Kier alpha value is -2.55. The molecular weight excluding hydrogens is 380 g/mol. The number of carbonyl (C=O) groups is 1. The van der Waals surface area contributed by atoms with Crippen molar-refractivity contribution in [3.05, 3.63) is 30.7 Å². The maximum Gasteiger partial charge on any atom is 0.329 e. The van der Waals surface area contributed by atoms with E-state index in [1.807, 2.05) is 7.05 Å². The summed E-state index contributed by atoms with van der Waals surface area (Å²) in [5.41, 5.74) is 1.58. The molecule has 152 valence electrons. The van der Waals surface area contributed by atoms with Gasteiger partial charge in [-0.25, -0.2) is 18.2 Å². The zero-order valence-electron chi connectivity index (χ0n) is 16.4. The Morgan fingerprint density at radius 1 is 1.29 bits per heavy atom. The van der Waals surface area contributed by atoms with Gasteiger partial charge < -0.3 is 9.64 Å². The first kappa shape index (κ1) is 20.2. The predicted octanol–water partition coefficient (Wildman–Crippen LogP) is 3.16. The van der Waals surface area contributed by atoms with Crippen LogP contribution in [0.1, 0.15) is 32.1 Å². The Kier molecular flexibility index (Phi) is 5.93. The molecule has 1 aliphatic carbocycles. The van der Waals surface area contributed by atoms with E-state index in [9.17, 15) is 13.2 Å². The minimum atomic E-state index is -3.46. The number of hydrogen-bond donors (Lipinski definition) is 1. The van der Waals surface area contributed by atoms with Gasteiger partial charge in [-0.1, -0.05) is 19.3 Å². The molecule has 1 aliphatic rings. The van der Waals surface area contributed by atoms with Gasteiger partial charge in [0.1, 0.15) is 12.1 Å². The number of imidazole rings is 1. The summed E-state index contributed by atoms with van der Waals surface area (Å²) in [7, 11) is -0.155. The first-order valence-electron chi connectivity index (χ1n) is 9.26. The van der Waals surface area contributed by atoms with Crippen LogP contribution in [0.15, 0.2) is 30.7 Å². The summed E-state index contributed by atoms with van der Waals surface area (Å²) in [6.07, 6.45) is 9.83. The molecule has 1 heterocycles. The van der Waals surface area contributed by atoms with Gasteiger partial charge in [0, 0.05) is 24.8 Å². The van der Waals surface area contributed by atoms with Crippen LogP contribution in [0.4, 0.5) is 10.5 Å². The molecule has 1 amide bonds. The van der Waals surface area contributed by atoms with Gasteiger partial charge in [-0.3, -0.25) is 9.29 Å². The molecule has 1 N–H and O–H groups in total. The van der Waals surface area contributed by atoms with E-state index in [1.54, 1.807) is 29.3 Å². The minimum Gasteiger partial charge on any atom is -0.495 e. The number of nitrogens with one attached hydrogen (secondary N) is 1. The Balaban J connectivity index is 1.83. The van der Waals surface area contributed by atoms with Gasteiger partial charge in [-0.05, 0) is 31.0 Å². The van der Waals surface area contributed by atoms with Crippen LogP contribution in [0.3, 0.4) is 0 Å². The highest BCUT2D eigenvalue weighted by molar-refractivity contribution is 7.92. The predicted molar refractivity (Wildman–Crippen MR) is 108 cm³/mol. The highest BCUT2D eigenvalue weighted by atomic mass is 32.2. The van der Waals surface area contributed by atoms with Crippen LogP contribution >= 0.6 is 0 Å². The summed E-state index contributed by atoms with van der Waals surface area (Å²) in [5, 5.41) is 0. The number of methoxy groups -OCH3 is 1. The quantitative estimate of drug-likeness (QED) is 0.823. The summed E-state index contributed by atoms with van der Waals surface area (Å²) >= 11 is 0. The minimum absolute atomic E-state index is 0.117. The molecule has 1 saturated carbocycles. The molecule has 0 atom stereocenters. The van der Waals surface area contributed by atoms with Crippen molar-refractivity contribution in [3.63, 3.8) is 0 Å². The maximum atomic E-state index is 12.8. The van der Waals surface area contributed by atoms with Gasteiger partial charge in [0.25, 0.3) is 0 Å². The first-order chi connectivity index (χ1) is 13.3. The average Bonchev–Trinajstić information content (AvgIpc) is 3.16. The zero-order chi connectivity index (χ0) is 20.3. The third-order valence-corrected chi connectivity index (χ3v) is 5.61. The molecule has 3 rings (SSSR count). The molecule has 0 bridgehead atoms. The summed E-state index contributed by atoms with van der Waals surface area (Å²) in [6.45, 7) is 0. The van der Waals surface area contributed by atoms with E-state index < -0.39 is 10.0 Å². The number of benzene rings is 1. The summed E-state index contributed by atoms with van der Waals surface area (Å²) < 4.78 is 32.3. The molecule has 1 aromatic heterocycles. The number of anilines is 1. The maximum absolute atomic E-state index is 12.8. The fraction of sp³-hybridized carbons (Fsp3) is 0.474. The normalized spacial score (nSPS) is 15.2. The second-order valence-electron chi connectivity index (χ2n) is 7.14. The molecule has 28 heavy (non-hydrogen) atoms. The molecule has 2 aromatic rings. The lowest BCUT2D eigenvalue weighted by Crippen LogP contribution is -2.40. The second-order valence-corrected chi connectivity index (χ2v) is 8.89. The SMILES string of the molecule is COc1ccc(-c2cn(C(=O)N(C)C3CCCCC3)cn2)cc1NS(C)(=O)=O. The van der Waals surface area contributed by atoms with Gasteiger partial charge in [0.05, 0.1) is 24.7 Å². The fourth-order valence-corrected chi connectivity index (χ4v) is 4.09. The van der Waals surface area contributed by atoms with Gasteiger partial charge in [-0.2, -0.15) is 0 Å². The van der Waals surface area contributed by atoms with Crippen LogP contribution in [0.25, 0.3) is 11.3 Å².